The van der Waals surface area contributed by atoms with Crippen molar-refractivity contribution in [1.29, 1.82) is 0 Å². The first-order valence-electron chi connectivity index (χ1n) is 10.9. The molecule has 5 heteroatoms. The molecule has 156 valence electrons. The van der Waals surface area contributed by atoms with Crippen molar-refractivity contribution in [2.75, 3.05) is 4.90 Å². The lowest BCUT2D eigenvalue weighted by Gasteiger charge is -2.33. The summed E-state index contributed by atoms with van der Waals surface area (Å²) >= 11 is 0. The van der Waals surface area contributed by atoms with Crippen molar-refractivity contribution in [2.45, 2.75) is 0 Å². The van der Waals surface area contributed by atoms with E-state index in [1.807, 2.05) is 72.8 Å². The van der Waals surface area contributed by atoms with Gasteiger partial charge in [-0.25, -0.2) is 0 Å². The van der Waals surface area contributed by atoms with Crippen molar-refractivity contribution >= 4 is 38.9 Å². The van der Waals surface area contributed by atoms with Crippen LogP contribution in [0.5, 0.6) is 11.5 Å². The van der Waals surface area contributed by atoms with Crippen molar-refractivity contribution in [3.05, 3.63) is 109 Å². The van der Waals surface area contributed by atoms with Crippen LogP contribution in [0.25, 0.3) is 27.5 Å². The summed E-state index contributed by atoms with van der Waals surface area (Å²) in [6.45, 7) is 0. The number of nitrogens with zero attached hydrogens (tertiary/aromatic N) is 4. The van der Waals surface area contributed by atoms with Crippen molar-refractivity contribution in [1.82, 2.24) is 15.0 Å². The maximum Gasteiger partial charge on any atom is 0.151 e. The van der Waals surface area contributed by atoms with Crippen LogP contribution < -0.4 is 9.64 Å². The smallest absolute Gasteiger partial charge is 0.151 e. The van der Waals surface area contributed by atoms with Crippen LogP contribution >= 0.6 is 0 Å². The minimum atomic E-state index is 0.827. The molecule has 0 spiro atoms. The summed E-state index contributed by atoms with van der Waals surface area (Å²) in [7, 11) is 0. The topological polar surface area (TPSA) is 43.2 Å². The summed E-state index contributed by atoms with van der Waals surface area (Å²) in [6, 6.07) is 36.8. The summed E-state index contributed by atoms with van der Waals surface area (Å²) in [5.74, 6) is 1.65. The van der Waals surface area contributed by atoms with Crippen LogP contribution in [0.1, 0.15) is 0 Å². The molecule has 0 unspecified atom stereocenters. The highest BCUT2D eigenvalue weighted by molar-refractivity contribution is 6.12. The van der Waals surface area contributed by atoms with E-state index in [1.54, 1.807) is 4.80 Å². The van der Waals surface area contributed by atoms with Crippen molar-refractivity contribution in [2.24, 2.45) is 0 Å². The van der Waals surface area contributed by atoms with Gasteiger partial charge in [-0.1, -0.05) is 66.7 Å². The van der Waals surface area contributed by atoms with Gasteiger partial charge in [-0.05, 0) is 42.5 Å². The van der Waals surface area contributed by atoms with E-state index >= 15 is 0 Å². The number of benzene rings is 5. The summed E-state index contributed by atoms with van der Waals surface area (Å²) in [6.07, 6.45) is 0. The fourth-order valence-electron chi connectivity index (χ4n) is 4.55. The maximum atomic E-state index is 6.22. The first-order chi connectivity index (χ1) is 16.4. The van der Waals surface area contributed by atoms with E-state index in [4.69, 9.17) is 14.9 Å². The predicted octanol–water partition coefficient (Wildman–Crippen LogP) is 7.15. The molecule has 1 aliphatic rings. The summed E-state index contributed by atoms with van der Waals surface area (Å²) < 4.78 is 6.22. The number of rotatable bonds is 2. The van der Waals surface area contributed by atoms with Crippen LogP contribution in [-0.2, 0) is 0 Å². The number of ether oxygens (including phenoxy) is 1. The molecule has 1 aromatic heterocycles. The van der Waals surface area contributed by atoms with Crippen molar-refractivity contribution < 1.29 is 4.74 Å². The molecule has 7 rings (SSSR count). The highest BCUT2D eigenvalue weighted by Gasteiger charge is 2.27. The molecule has 0 bridgehead atoms. The third-order valence-electron chi connectivity index (χ3n) is 6.03. The van der Waals surface area contributed by atoms with Gasteiger partial charge in [-0.3, -0.25) is 0 Å². The van der Waals surface area contributed by atoms with Crippen LogP contribution in [0.2, 0.25) is 0 Å². The van der Waals surface area contributed by atoms with Crippen LogP contribution in [0, 0.1) is 0 Å². The monoisotopic (exact) mass is 426 g/mol. The summed E-state index contributed by atoms with van der Waals surface area (Å²) in [4.78, 5) is 3.97. The van der Waals surface area contributed by atoms with Gasteiger partial charge in [0, 0.05) is 10.8 Å². The van der Waals surface area contributed by atoms with Gasteiger partial charge in [0.05, 0.1) is 22.7 Å². The SMILES string of the molecule is c1ccc(-n2nc3cc(N4c5ccccc5Oc5ccccc54)c4ccccc4c3n2)cc1. The number of para-hydroxylation sites is 5. The first-order valence-corrected chi connectivity index (χ1v) is 10.9. The summed E-state index contributed by atoms with van der Waals surface area (Å²) in [5, 5.41) is 11.9. The van der Waals surface area contributed by atoms with E-state index in [2.05, 4.69) is 41.3 Å². The van der Waals surface area contributed by atoms with Gasteiger partial charge >= 0.3 is 0 Å². The zero-order chi connectivity index (χ0) is 21.8. The Bertz CT molecular complexity index is 1610. The lowest BCUT2D eigenvalue weighted by molar-refractivity contribution is 0.477. The maximum absolute atomic E-state index is 6.22. The van der Waals surface area contributed by atoms with Crippen LogP contribution in [0.4, 0.5) is 17.1 Å². The Balaban J connectivity index is 1.54. The average Bonchev–Trinajstić information content (AvgIpc) is 3.32. The molecule has 0 amide bonds. The third kappa shape index (κ3) is 2.72. The van der Waals surface area contributed by atoms with Gasteiger partial charge in [-0.15, -0.1) is 10.2 Å². The second-order valence-corrected chi connectivity index (χ2v) is 8.01. The van der Waals surface area contributed by atoms with E-state index in [1.165, 1.54) is 0 Å². The second-order valence-electron chi connectivity index (χ2n) is 8.01. The molecule has 1 aliphatic heterocycles. The number of fused-ring (bicyclic) bond motifs is 5. The zero-order valence-corrected chi connectivity index (χ0v) is 17.6. The van der Waals surface area contributed by atoms with E-state index < -0.39 is 0 Å². The standard InChI is InChI=1S/C28H18N4O/c1-2-10-19(11-3-1)32-29-22-18-25(20-12-4-5-13-21(20)28(22)30-32)31-23-14-6-8-16-26(23)33-27-17-9-7-15-24(27)31/h1-18H. The normalized spacial score (nSPS) is 12.4. The molecule has 33 heavy (non-hydrogen) atoms. The Kier molecular flexibility index (Phi) is 3.78. The van der Waals surface area contributed by atoms with Gasteiger partial charge in [0.15, 0.2) is 11.5 Å². The molecule has 2 heterocycles. The van der Waals surface area contributed by atoms with Crippen LogP contribution in [0.3, 0.4) is 0 Å². The molecule has 5 nitrogen and oxygen atoms in total. The molecule has 0 fully saturated rings. The van der Waals surface area contributed by atoms with Gasteiger partial charge < -0.3 is 9.64 Å². The highest BCUT2D eigenvalue weighted by atomic mass is 16.5. The minimum absolute atomic E-state index is 0.827. The van der Waals surface area contributed by atoms with E-state index in [0.29, 0.717) is 0 Å². The molecular weight excluding hydrogens is 408 g/mol. The first kappa shape index (κ1) is 18.0. The van der Waals surface area contributed by atoms with Crippen molar-refractivity contribution in [3.8, 4) is 17.2 Å². The molecule has 0 saturated heterocycles. The van der Waals surface area contributed by atoms with Crippen LogP contribution in [-0.4, -0.2) is 15.0 Å². The van der Waals surface area contributed by atoms with Gasteiger partial charge in [0.1, 0.15) is 11.0 Å². The number of hydrogen-bond donors (Lipinski definition) is 0. The minimum Gasteiger partial charge on any atom is -0.453 e. The molecule has 0 aliphatic carbocycles. The Morgan fingerprint density at radius 3 is 1.88 bits per heavy atom. The van der Waals surface area contributed by atoms with E-state index in [9.17, 15) is 0 Å². The summed E-state index contributed by atoms with van der Waals surface area (Å²) in [5.41, 5.74) is 5.69. The fourth-order valence-corrected chi connectivity index (χ4v) is 4.55. The van der Waals surface area contributed by atoms with Crippen LogP contribution in [0.15, 0.2) is 109 Å². The van der Waals surface area contributed by atoms with E-state index in [0.717, 1.165) is 56.1 Å². The molecule has 6 aromatic rings. The van der Waals surface area contributed by atoms with Gasteiger partial charge in [0.2, 0.25) is 0 Å². The Morgan fingerprint density at radius 1 is 0.545 bits per heavy atom. The average molecular weight is 426 g/mol. The van der Waals surface area contributed by atoms with E-state index in [-0.39, 0.29) is 0 Å². The molecule has 0 N–H and O–H groups in total. The molecular formula is C28H18N4O. The number of aromatic nitrogens is 3. The van der Waals surface area contributed by atoms with Gasteiger partial charge in [0.25, 0.3) is 0 Å². The molecule has 5 aromatic carbocycles. The second kappa shape index (κ2) is 6.93. The Labute approximate surface area is 190 Å². The number of anilines is 3. The Morgan fingerprint density at radius 2 is 1.15 bits per heavy atom. The molecule has 0 atom stereocenters. The third-order valence-corrected chi connectivity index (χ3v) is 6.03. The quantitative estimate of drug-likeness (QED) is 0.294. The predicted molar refractivity (Wildman–Crippen MR) is 131 cm³/mol. The molecule has 0 saturated carbocycles. The van der Waals surface area contributed by atoms with Crippen molar-refractivity contribution in [3.63, 3.8) is 0 Å². The lowest BCUT2D eigenvalue weighted by Crippen LogP contribution is -2.16. The highest BCUT2D eigenvalue weighted by Crippen LogP contribution is 2.51. The zero-order valence-electron chi connectivity index (χ0n) is 17.6. The lowest BCUT2D eigenvalue weighted by atomic mass is 10.0. The largest absolute Gasteiger partial charge is 0.453 e. The molecule has 0 radical (unpaired) electrons. The Hall–Kier alpha value is -4.64. The number of hydrogen-bond acceptors (Lipinski definition) is 4. The fraction of sp³-hybridized carbons (Fsp3) is 0. The van der Waals surface area contributed by atoms with Gasteiger partial charge in [-0.2, -0.15) is 4.80 Å².